The van der Waals surface area contributed by atoms with Gasteiger partial charge in [0.15, 0.2) is 0 Å². The molecule has 2 aliphatic heterocycles. The Kier molecular flexibility index (Phi) is 4.08. The SMILES string of the molecule is CS(=O)(=O)N1CCN(C(=O)N2CCNCC2)CC1. The van der Waals surface area contributed by atoms with Crippen LogP contribution in [0.3, 0.4) is 0 Å². The molecule has 0 radical (unpaired) electrons. The first kappa shape index (κ1) is 13.6. The Balaban J connectivity index is 1.87. The maximum absolute atomic E-state index is 12.2. The van der Waals surface area contributed by atoms with Crippen molar-refractivity contribution < 1.29 is 13.2 Å². The third kappa shape index (κ3) is 3.12. The van der Waals surface area contributed by atoms with Gasteiger partial charge in [0, 0.05) is 52.4 Å². The number of rotatable bonds is 1. The van der Waals surface area contributed by atoms with Crippen molar-refractivity contribution in [3.8, 4) is 0 Å². The van der Waals surface area contributed by atoms with Crippen LogP contribution in [0.25, 0.3) is 0 Å². The molecule has 104 valence electrons. The molecule has 0 bridgehead atoms. The summed E-state index contributed by atoms with van der Waals surface area (Å²) in [6.45, 7) is 4.87. The molecule has 2 aliphatic rings. The summed E-state index contributed by atoms with van der Waals surface area (Å²) in [5.74, 6) is 0. The van der Waals surface area contributed by atoms with Gasteiger partial charge in [-0.25, -0.2) is 13.2 Å². The molecule has 2 fully saturated rings. The van der Waals surface area contributed by atoms with Crippen molar-refractivity contribution >= 4 is 16.1 Å². The molecule has 0 spiro atoms. The molecule has 0 aliphatic carbocycles. The van der Waals surface area contributed by atoms with Crippen molar-refractivity contribution in [1.29, 1.82) is 0 Å². The number of hydrogen-bond acceptors (Lipinski definition) is 4. The van der Waals surface area contributed by atoms with Crippen LogP contribution in [0.1, 0.15) is 0 Å². The van der Waals surface area contributed by atoms with Crippen LogP contribution in [0.5, 0.6) is 0 Å². The summed E-state index contributed by atoms with van der Waals surface area (Å²) in [5, 5.41) is 3.20. The van der Waals surface area contributed by atoms with Crippen molar-refractivity contribution in [3.05, 3.63) is 0 Å². The van der Waals surface area contributed by atoms with Crippen molar-refractivity contribution in [2.75, 3.05) is 58.6 Å². The first-order chi connectivity index (χ1) is 8.48. The van der Waals surface area contributed by atoms with Crippen molar-refractivity contribution in [2.45, 2.75) is 0 Å². The summed E-state index contributed by atoms with van der Waals surface area (Å²) < 4.78 is 24.2. The summed E-state index contributed by atoms with van der Waals surface area (Å²) in [7, 11) is -3.13. The van der Waals surface area contributed by atoms with Crippen LogP contribution >= 0.6 is 0 Å². The highest BCUT2D eigenvalue weighted by molar-refractivity contribution is 7.88. The Morgan fingerprint density at radius 1 is 0.944 bits per heavy atom. The molecule has 0 atom stereocenters. The molecule has 0 unspecified atom stereocenters. The molecule has 8 heteroatoms. The number of carbonyl (C=O) groups excluding carboxylic acids is 1. The Morgan fingerprint density at radius 3 is 1.94 bits per heavy atom. The minimum absolute atomic E-state index is 0.0321. The molecule has 2 amide bonds. The lowest BCUT2D eigenvalue weighted by atomic mass is 10.3. The summed E-state index contributed by atoms with van der Waals surface area (Å²) >= 11 is 0. The second-order valence-corrected chi connectivity index (χ2v) is 6.65. The topological polar surface area (TPSA) is 73.0 Å². The highest BCUT2D eigenvalue weighted by Gasteiger charge is 2.28. The minimum Gasteiger partial charge on any atom is -0.322 e. The molecule has 0 saturated carbocycles. The summed E-state index contributed by atoms with van der Waals surface area (Å²) in [6.07, 6.45) is 1.21. The smallest absolute Gasteiger partial charge is 0.320 e. The second kappa shape index (κ2) is 5.41. The molecular weight excluding hydrogens is 256 g/mol. The molecule has 2 heterocycles. The van der Waals surface area contributed by atoms with Gasteiger partial charge >= 0.3 is 6.03 Å². The Morgan fingerprint density at radius 2 is 1.44 bits per heavy atom. The maximum Gasteiger partial charge on any atom is 0.320 e. The van der Waals surface area contributed by atoms with Gasteiger partial charge in [-0.05, 0) is 0 Å². The summed E-state index contributed by atoms with van der Waals surface area (Å²) in [6, 6.07) is 0.0321. The van der Waals surface area contributed by atoms with E-state index in [0.717, 1.165) is 26.2 Å². The van der Waals surface area contributed by atoms with Gasteiger partial charge in [-0.3, -0.25) is 0 Å². The number of nitrogens with zero attached hydrogens (tertiary/aromatic N) is 3. The van der Waals surface area contributed by atoms with E-state index in [1.54, 1.807) is 4.90 Å². The fourth-order valence-electron chi connectivity index (χ4n) is 2.27. The predicted octanol–water partition coefficient (Wildman–Crippen LogP) is -1.41. The van der Waals surface area contributed by atoms with Gasteiger partial charge in [0.05, 0.1) is 6.26 Å². The van der Waals surface area contributed by atoms with Crippen LogP contribution in [0, 0.1) is 0 Å². The Hall–Kier alpha value is -0.860. The summed E-state index contributed by atoms with van der Waals surface area (Å²) in [5.41, 5.74) is 0. The van der Waals surface area contributed by atoms with E-state index in [0.29, 0.717) is 26.2 Å². The summed E-state index contributed by atoms with van der Waals surface area (Å²) in [4.78, 5) is 15.7. The van der Waals surface area contributed by atoms with Crippen LogP contribution in [0.4, 0.5) is 4.79 Å². The lowest BCUT2D eigenvalue weighted by Crippen LogP contribution is -2.56. The van der Waals surface area contributed by atoms with E-state index in [9.17, 15) is 13.2 Å². The molecule has 7 nitrogen and oxygen atoms in total. The monoisotopic (exact) mass is 276 g/mol. The normalized spacial score (nSPS) is 23.2. The molecule has 0 aromatic heterocycles. The zero-order valence-corrected chi connectivity index (χ0v) is 11.4. The maximum atomic E-state index is 12.2. The molecule has 2 rings (SSSR count). The molecular formula is C10H20N4O3S. The lowest BCUT2D eigenvalue weighted by Gasteiger charge is -2.37. The van der Waals surface area contributed by atoms with Crippen LogP contribution < -0.4 is 5.32 Å². The predicted molar refractivity (Wildman–Crippen MR) is 67.8 cm³/mol. The van der Waals surface area contributed by atoms with Crippen molar-refractivity contribution in [2.24, 2.45) is 0 Å². The Labute approximate surface area is 108 Å². The molecule has 0 aromatic rings. The van der Waals surface area contributed by atoms with Gasteiger partial charge in [-0.2, -0.15) is 4.31 Å². The van der Waals surface area contributed by atoms with Crippen LogP contribution in [0.2, 0.25) is 0 Å². The Bertz CT molecular complexity index is 397. The number of urea groups is 1. The number of amides is 2. The van der Waals surface area contributed by atoms with Gasteiger partial charge in [-0.15, -0.1) is 0 Å². The molecule has 0 aromatic carbocycles. The van der Waals surface area contributed by atoms with E-state index in [1.807, 2.05) is 4.90 Å². The van der Waals surface area contributed by atoms with Gasteiger partial charge in [0.2, 0.25) is 10.0 Å². The zero-order valence-electron chi connectivity index (χ0n) is 10.6. The molecule has 2 saturated heterocycles. The number of nitrogens with one attached hydrogen (secondary N) is 1. The fraction of sp³-hybridized carbons (Fsp3) is 0.900. The van der Waals surface area contributed by atoms with E-state index >= 15 is 0 Å². The fourth-order valence-corrected chi connectivity index (χ4v) is 3.09. The standard InChI is InChI=1S/C10H20N4O3S/c1-18(16,17)14-8-6-13(7-9-14)10(15)12-4-2-11-3-5-12/h11H,2-9H2,1H3. The first-order valence-corrected chi connectivity index (χ1v) is 8.03. The molecule has 18 heavy (non-hydrogen) atoms. The van der Waals surface area contributed by atoms with E-state index in [1.165, 1.54) is 10.6 Å². The zero-order chi connectivity index (χ0) is 13.2. The van der Waals surface area contributed by atoms with Crippen LogP contribution in [-0.2, 0) is 10.0 Å². The third-order valence-electron chi connectivity index (χ3n) is 3.37. The lowest BCUT2D eigenvalue weighted by molar-refractivity contribution is 0.129. The number of hydrogen-bond donors (Lipinski definition) is 1. The van der Waals surface area contributed by atoms with Crippen molar-refractivity contribution in [3.63, 3.8) is 0 Å². The van der Waals surface area contributed by atoms with E-state index < -0.39 is 10.0 Å². The van der Waals surface area contributed by atoms with Crippen molar-refractivity contribution in [1.82, 2.24) is 19.4 Å². The van der Waals surface area contributed by atoms with Crippen LogP contribution in [-0.4, -0.2) is 87.2 Å². The molecule has 1 N–H and O–H groups in total. The number of sulfonamides is 1. The minimum atomic E-state index is -3.13. The first-order valence-electron chi connectivity index (χ1n) is 6.18. The van der Waals surface area contributed by atoms with Gasteiger partial charge in [0.25, 0.3) is 0 Å². The number of piperazine rings is 2. The average molecular weight is 276 g/mol. The average Bonchev–Trinajstić information content (AvgIpc) is 2.38. The second-order valence-electron chi connectivity index (χ2n) is 4.67. The third-order valence-corrected chi connectivity index (χ3v) is 4.67. The van der Waals surface area contributed by atoms with Crippen LogP contribution in [0.15, 0.2) is 0 Å². The number of carbonyl (C=O) groups is 1. The highest BCUT2D eigenvalue weighted by atomic mass is 32.2. The van der Waals surface area contributed by atoms with E-state index in [4.69, 9.17) is 0 Å². The largest absolute Gasteiger partial charge is 0.322 e. The van der Waals surface area contributed by atoms with E-state index in [2.05, 4.69) is 5.32 Å². The van der Waals surface area contributed by atoms with E-state index in [-0.39, 0.29) is 6.03 Å². The van der Waals surface area contributed by atoms with Gasteiger partial charge in [-0.1, -0.05) is 0 Å². The van der Waals surface area contributed by atoms with Gasteiger partial charge < -0.3 is 15.1 Å². The van der Waals surface area contributed by atoms with Gasteiger partial charge in [0.1, 0.15) is 0 Å². The highest BCUT2D eigenvalue weighted by Crippen LogP contribution is 2.09. The quantitative estimate of drug-likeness (QED) is 0.638.